The number of aromatic nitrogens is 2. The lowest BCUT2D eigenvalue weighted by molar-refractivity contribution is 0.0997. The maximum atomic E-state index is 12.8. The lowest BCUT2D eigenvalue weighted by Crippen LogP contribution is -2.44. The molecule has 2 aromatic rings. The number of para-hydroxylation sites is 1. The first-order valence-electron chi connectivity index (χ1n) is 8.41. The van der Waals surface area contributed by atoms with E-state index in [0.717, 1.165) is 23.2 Å². The third-order valence-corrected chi connectivity index (χ3v) is 4.63. The third kappa shape index (κ3) is 2.86. The fourth-order valence-electron chi connectivity index (χ4n) is 3.31. The molecule has 1 aromatic heterocycles. The minimum absolute atomic E-state index is 0.0348. The Morgan fingerprint density at radius 1 is 1.24 bits per heavy atom. The molecule has 0 amide bonds. The van der Waals surface area contributed by atoms with Crippen LogP contribution in [0.2, 0.25) is 0 Å². The van der Waals surface area contributed by atoms with Gasteiger partial charge in [-0.25, -0.2) is 4.79 Å². The van der Waals surface area contributed by atoms with Crippen molar-refractivity contribution in [2.75, 3.05) is 23.7 Å². The summed E-state index contributed by atoms with van der Waals surface area (Å²) in [4.78, 5) is 39.4. The van der Waals surface area contributed by atoms with Gasteiger partial charge < -0.3 is 10.6 Å². The Hall–Kier alpha value is -2.83. The van der Waals surface area contributed by atoms with Crippen LogP contribution >= 0.6 is 0 Å². The molecule has 2 N–H and O–H groups in total. The average molecular weight is 342 g/mol. The van der Waals surface area contributed by atoms with Gasteiger partial charge in [-0.3, -0.25) is 18.7 Å². The molecule has 1 aliphatic heterocycles. The molecule has 3 rings (SSSR count). The topological polar surface area (TPSA) is 90.3 Å². The van der Waals surface area contributed by atoms with E-state index in [1.165, 1.54) is 17.2 Å². The summed E-state index contributed by atoms with van der Waals surface area (Å²) in [5.41, 5.74) is 6.99. The van der Waals surface area contributed by atoms with E-state index in [0.29, 0.717) is 13.0 Å². The smallest absolute Gasteiger partial charge is 0.332 e. The minimum atomic E-state index is -0.632. The van der Waals surface area contributed by atoms with Crippen molar-refractivity contribution in [2.45, 2.75) is 26.3 Å². The van der Waals surface area contributed by atoms with Crippen LogP contribution in [0.25, 0.3) is 0 Å². The predicted octanol–water partition coefficient (Wildman–Crippen LogP) is 0.785. The summed E-state index contributed by atoms with van der Waals surface area (Å²) in [7, 11) is 1.37. The molecule has 0 spiro atoms. The predicted molar refractivity (Wildman–Crippen MR) is 97.3 cm³/mol. The number of nitrogen functional groups attached to an aromatic ring is 1. The Morgan fingerprint density at radius 3 is 2.68 bits per heavy atom. The highest BCUT2D eigenvalue weighted by molar-refractivity contribution is 6.02. The van der Waals surface area contributed by atoms with Gasteiger partial charge in [0, 0.05) is 25.8 Å². The molecular weight excluding hydrogens is 320 g/mol. The van der Waals surface area contributed by atoms with Crippen molar-refractivity contribution in [3.8, 4) is 0 Å². The van der Waals surface area contributed by atoms with Crippen molar-refractivity contribution >= 4 is 17.3 Å². The number of benzene rings is 1. The highest BCUT2D eigenvalue weighted by Crippen LogP contribution is 2.27. The van der Waals surface area contributed by atoms with Gasteiger partial charge in [0.2, 0.25) is 0 Å². The number of hydrogen-bond donors (Lipinski definition) is 1. The van der Waals surface area contributed by atoms with Crippen molar-refractivity contribution in [3.05, 3.63) is 56.2 Å². The van der Waals surface area contributed by atoms with Gasteiger partial charge in [0.25, 0.3) is 5.56 Å². The largest absolute Gasteiger partial charge is 0.384 e. The van der Waals surface area contributed by atoms with Crippen LogP contribution in [0.4, 0.5) is 11.5 Å². The molecule has 0 saturated carbocycles. The number of fused-ring (bicyclic) bond motifs is 1. The molecule has 0 saturated heterocycles. The first kappa shape index (κ1) is 17.0. The molecule has 0 fully saturated rings. The van der Waals surface area contributed by atoms with Crippen molar-refractivity contribution < 1.29 is 4.79 Å². The quantitative estimate of drug-likeness (QED) is 0.811. The van der Waals surface area contributed by atoms with Crippen LogP contribution in [0.3, 0.4) is 0 Å². The molecule has 7 heteroatoms. The normalized spacial score (nSPS) is 13.1. The zero-order chi connectivity index (χ0) is 18.1. The van der Waals surface area contributed by atoms with Crippen LogP contribution in [0.5, 0.6) is 0 Å². The Bertz CT molecular complexity index is 942. The van der Waals surface area contributed by atoms with Crippen LogP contribution in [0, 0.1) is 0 Å². The lowest BCUT2D eigenvalue weighted by Gasteiger charge is -2.20. The van der Waals surface area contributed by atoms with Gasteiger partial charge in [0.1, 0.15) is 11.4 Å². The maximum Gasteiger partial charge on any atom is 0.332 e. The fraction of sp³-hybridized carbons (Fsp3) is 0.389. The summed E-state index contributed by atoms with van der Waals surface area (Å²) in [6, 6.07) is 7.90. The minimum Gasteiger partial charge on any atom is -0.384 e. The van der Waals surface area contributed by atoms with Gasteiger partial charge in [-0.1, -0.05) is 25.1 Å². The van der Waals surface area contributed by atoms with Crippen molar-refractivity contribution in [2.24, 2.45) is 7.05 Å². The number of carbonyl (C=O) groups excluding carboxylic acids is 1. The summed E-state index contributed by atoms with van der Waals surface area (Å²) < 4.78 is 2.25. The van der Waals surface area contributed by atoms with Crippen molar-refractivity contribution in [1.82, 2.24) is 9.13 Å². The number of hydrogen-bond acceptors (Lipinski definition) is 5. The second-order valence-corrected chi connectivity index (χ2v) is 6.28. The second kappa shape index (κ2) is 6.58. The SMILES string of the molecule is CCCn1c(N)c(C(=O)CN2CCc3ccccc32)c(=O)n(C)c1=O. The Balaban J connectivity index is 1.98. The van der Waals surface area contributed by atoms with Gasteiger partial charge in [-0.2, -0.15) is 0 Å². The van der Waals surface area contributed by atoms with E-state index in [1.54, 1.807) is 0 Å². The number of ketones is 1. The van der Waals surface area contributed by atoms with E-state index in [1.807, 2.05) is 36.1 Å². The van der Waals surface area contributed by atoms with E-state index in [2.05, 4.69) is 0 Å². The van der Waals surface area contributed by atoms with Gasteiger partial charge in [-0.15, -0.1) is 0 Å². The Morgan fingerprint density at radius 2 is 1.96 bits per heavy atom. The first-order chi connectivity index (χ1) is 12.0. The van der Waals surface area contributed by atoms with E-state index < -0.39 is 11.2 Å². The van der Waals surface area contributed by atoms with Crippen LogP contribution in [0.1, 0.15) is 29.3 Å². The molecule has 0 atom stereocenters. The van der Waals surface area contributed by atoms with Crippen molar-refractivity contribution in [1.29, 1.82) is 0 Å². The highest BCUT2D eigenvalue weighted by Gasteiger charge is 2.26. The third-order valence-electron chi connectivity index (χ3n) is 4.63. The first-order valence-corrected chi connectivity index (χ1v) is 8.41. The zero-order valence-corrected chi connectivity index (χ0v) is 14.5. The molecule has 1 aromatic carbocycles. The molecule has 7 nitrogen and oxygen atoms in total. The summed E-state index contributed by atoms with van der Waals surface area (Å²) in [6.07, 6.45) is 1.54. The van der Waals surface area contributed by atoms with E-state index >= 15 is 0 Å². The number of Topliss-reactive ketones (excluding diaryl/α,β-unsaturated/α-hetero) is 1. The molecule has 2 heterocycles. The number of nitrogens with two attached hydrogens (primary N) is 1. The monoisotopic (exact) mass is 342 g/mol. The van der Waals surface area contributed by atoms with Crippen molar-refractivity contribution in [3.63, 3.8) is 0 Å². The molecule has 0 unspecified atom stereocenters. The summed E-state index contributed by atoms with van der Waals surface area (Å²) in [5, 5.41) is 0. The number of rotatable bonds is 5. The van der Waals surface area contributed by atoms with Gasteiger partial charge in [-0.05, 0) is 24.5 Å². The lowest BCUT2D eigenvalue weighted by atomic mass is 10.1. The van der Waals surface area contributed by atoms with Gasteiger partial charge in [0.05, 0.1) is 6.54 Å². The number of carbonyl (C=O) groups is 1. The van der Waals surface area contributed by atoms with E-state index in [4.69, 9.17) is 5.73 Å². The average Bonchev–Trinajstić information content (AvgIpc) is 3.00. The molecule has 132 valence electrons. The molecule has 25 heavy (non-hydrogen) atoms. The Kier molecular flexibility index (Phi) is 4.48. The summed E-state index contributed by atoms with van der Waals surface area (Å²) in [5.74, 6) is -0.396. The number of nitrogens with zero attached hydrogens (tertiary/aromatic N) is 3. The van der Waals surface area contributed by atoms with Crippen LogP contribution in [0.15, 0.2) is 33.9 Å². The molecular formula is C18H22N4O3. The standard InChI is InChI=1S/C18H22N4O3/c1-3-9-22-16(19)15(17(24)20(2)18(22)25)14(23)11-21-10-8-12-6-4-5-7-13(12)21/h4-7H,3,8-11,19H2,1-2H3. The van der Waals surface area contributed by atoms with E-state index in [-0.39, 0.29) is 23.7 Å². The summed E-state index contributed by atoms with van der Waals surface area (Å²) in [6.45, 7) is 3.06. The zero-order valence-electron chi connectivity index (χ0n) is 14.5. The van der Waals surface area contributed by atoms with Crippen LogP contribution < -0.4 is 21.9 Å². The van der Waals surface area contributed by atoms with Crippen LogP contribution in [-0.4, -0.2) is 28.0 Å². The Labute approximate surface area is 145 Å². The van der Waals surface area contributed by atoms with E-state index in [9.17, 15) is 14.4 Å². The molecule has 1 aliphatic rings. The number of anilines is 2. The second-order valence-electron chi connectivity index (χ2n) is 6.28. The molecule has 0 bridgehead atoms. The van der Waals surface area contributed by atoms with Gasteiger partial charge in [0.15, 0.2) is 5.78 Å². The molecule has 0 radical (unpaired) electrons. The highest BCUT2D eigenvalue weighted by atomic mass is 16.2. The van der Waals surface area contributed by atoms with Gasteiger partial charge >= 0.3 is 5.69 Å². The summed E-state index contributed by atoms with van der Waals surface area (Å²) >= 11 is 0. The maximum absolute atomic E-state index is 12.8. The fourth-order valence-corrected chi connectivity index (χ4v) is 3.31. The molecule has 0 aliphatic carbocycles. The van der Waals surface area contributed by atoms with Crippen LogP contribution in [-0.2, 0) is 20.0 Å².